The molecule has 2 aliphatic rings. The minimum Gasteiger partial charge on any atom is -0.489 e. The van der Waals surface area contributed by atoms with Gasteiger partial charge in [0.15, 0.2) is 0 Å². The van der Waals surface area contributed by atoms with E-state index in [2.05, 4.69) is 45.5 Å². The van der Waals surface area contributed by atoms with Gasteiger partial charge in [-0.05, 0) is 61.3 Å². The van der Waals surface area contributed by atoms with Crippen molar-refractivity contribution in [3.05, 3.63) is 77.2 Å². The Labute approximate surface area is 206 Å². The maximum Gasteiger partial charge on any atom is 0.137 e. The van der Waals surface area contributed by atoms with Crippen LogP contribution in [-0.2, 0) is 17.7 Å². The molecule has 0 atom stereocenters. The number of rotatable bonds is 7. The highest BCUT2D eigenvalue weighted by Crippen LogP contribution is 2.27. The second-order valence-electron chi connectivity index (χ2n) is 9.13. The molecule has 0 amide bonds. The quantitative estimate of drug-likeness (QED) is 0.566. The molecular formula is C28H31N5O2. The van der Waals surface area contributed by atoms with Gasteiger partial charge in [-0.1, -0.05) is 24.3 Å². The van der Waals surface area contributed by atoms with E-state index in [1.54, 1.807) is 6.20 Å². The molecule has 0 spiro atoms. The zero-order chi connectivity index (χ0) is 23.9. The molecule has 7 nitrogen and oxygen atoms in total. The zero-order valence-corrected chi connectivity index (χ0v) is 19.9. The molecule has 3 aromatic rings. The maximum absolute atomic E-state index is 9.71. The summed E-state index contributed by atoms with van der Waals surface area (Å²) in [5, 5.41) is 13.0. The van der Waals surface area contributed by atoms with Crippen molar-refractivity contribution in [3.63, 3.8) is 0 Å². The molecule has 3 heterocycles. The van der Waals surface area contributed by atoms with Gasteiger partial charge in [0.2, 0.25) is 0 Å². The lowest BCUT2D eigenvalue weighted by Gasteiger charge is -2.26. The number of hydrogen-bond acceptors (Lipinski definition) is 7. The number of morpholine rings is 1. The summed E-state index contributed by atoms with van der Waals surface area (Å²) in [6.07, 6.45) is 4.51. The summed E-state index contributed by atoms with van der Waals surface area (Å²) in [6, 6.07) is 18.6. The van der Waals surface area contributed by atoms with Gasteiger partial charge in [-0.25, -0.2) is 9.97 Å². The van der Waals surface area contributed by atoms with Crippen LogP contribution < -0.4 is 10.1 Å². The minimum absolute atomic E-state index is 0.153. The molecule has 2 aliphatic heterocycles. The van der Waals surface area contributed by atoms with Gasteiger partial charge in [0, 0.05) is 37.8 Å². The Hall–Kier alpha value is -3.31. The Balaban J connectivity index is 1.26. The molecule has 1 N–H and O–H groups in total. The molecule has 5 rings (SSSR count). The van der Waals surface area contributed by atoms with Gasteiger partial charge in [-0.3, -0.25) is 4.90 Å². The topological polar surface area (TPSA) is 83.3 Å². The Morgan fingerprint density at radius 1 is 1.03 bits per heavy atom. The molecule has 35 heavy (non-hydrogen) atoms. The lowest BCUT2D eigenvalue weighted by molar-refractivity contribution is 0.0342. The summed E-state index contributed by atoms with van der Waals surface area (Å²) in [4.78, 5) is 11.7. The van der Waals surface area contributed by atoms with Crippen LogP contribution in [0.3, 0.4) is 0 Å². The Bertz CT molecular complexity index is 1160. The third-order valence-electron chi connectivity index (χ3n) is 6.58. The van der Waals surface area contributed by atoms with Crippen LogP contribution in [0.25, 0.3) is 11.3 Å². The van der Waals surface area contributed by atoms with E-state index >= 15 is 0 Å². The zero-order valence-electron chi connectivity index (χ0n) is 19.9. The highest BCUT2D eigenvalue weighted by atomic mass is 16.5. The Morgan fingerprint density at radius 3 is 2.57 bits per heavy atom. The second kappa shape index (κ2) is 11.4. The van der Waals surface area contributed by atoms with Crippen molar-refractivity contribution in [3.8, 4) is 23.1 Å². The number of aromatic nitrogens is 2. The molecule has 2 fully saturated rings. The summed E-state index contributed by atoms with van der Waals surface area (Å²) in [7, 11) is 0. The number of piperidine rings is 1. The number of ether oxygens (including phenoxy) is 2. The molecular weight excluding hydrogens is 438 g/mol. The van der Waals surface area contributed by atoms with Crippen molar-refractivity contribution in [1.82, 2.24) is 20.2 Å². The molecule has 2 saturated heterocycles. The summed E-state index contributed by atoms with van der Waals surface area (Å²) in [5.41, 5.74) is 4.72. The number of nitrogens with zero attached hydrogens (tertiary/aromatic N) is 4. The highest BCUT2D eigenvalue weighted by Gasteiger charge is 2.17. The largest absolute Gasteiger partial charge is 0.489 e. The smallest absolute Gasteiger partial charge is 0.137 e. The van der Waals surface area contributed by atoms with E-state index in [-0.39, 0.29) is 6.10 Å². The third-order valence-corrected chi connectivity index (χ3v) is 6.58. The average molecular weight is 470 g/mol. The molecule has 0 unspecified atom stereocenters. The maximum atomic E-state index is 9.71. The van der Waals surface area contributed by atoms with Crippen LogP contribution in [-0.4, -0.2) is 60.4 Å². The van der Waals surface area contributed by atoms with Crippen molar-refractivity contribution in [2.45, 2.75) is 31.9 Å². The van der Waals surface area contributed by atoms with Crippen molar-refractivity contribution >= 4 is 0 Å². The van der Waals surface area contributed by atoms with Gasteiger partial charge >= 0.3 is 0 Å². The van der Waals surface area contributed by atoms with Crippen LogP contribution in [0.5, 0.6) is 5.75 Å². The lowest BCUT2D eigenvalue weighted by Crippen LogP contribution is -2.35. The molecule has 0 radical (unpaired) electrons. The van der Waals surface area contributed by atoms with Gasteiger partial charge < -0.3 is 14.8 Å². The number of benzene rings is 2. The van der Waals surface area contributed by atoms with Gasteiger partial charge in [-0.15, -0.1) is 0 Å². The lowest BCUT2D eigenvalue weighted by atomic mass is 10.1. The van der Waals surface area contributed by atoms with Crippen LogP contribution in [0.15, 0.2) is 54.7 Å². The van der Waals surface area contributed by atoms with Crippen LogP contribution in [0.1, 0.15) is 35.4 Å². The first kappa shape index (κ1) is 23.4. The molecule has 2 aromatic carbocycles. The van der Waals surface area contributed by atoms with E-state index in [0.29, 0.717) is 17.7 Å². The van der Waals surface area contributed by atoms with Crippen molar-refractivity contribution in [2.24, 2.45) is 0 Å². The molecule has 0 saturated carbocycles. The van der Waals surface area contributed by atoms with Crippen LogP contribution in [0.4, 0.5) is 0 Å². The van der Waals surface area contributed by atoms with E-state index in [1.165, 1.54) is 11.1 Å². The average Bonchev–Trinajstić information content (AvgIpc) is 2.91. The predicted molar refractivity (Wildman–Crippen MR) is 134 cm³/mol. The summed E-state index contributed by atoms with van der Waals surface area (Å²) in [5.74, 6) is 1.41. The SMILES string of the molecule is N#Cc1cc(-c2ccnc(Cc3ccc(CN4CCOCC4)cc3)n2)ccc1OC1CCNCC1. The van der Waals surface area contributed by atoms with E-state index in [9.17, 15) is 5.26 Å². The van der Waals surface area contributed by atoms with E-state index in [4.69, 9.17) is 14.5 Å². The summed E-state index contributed by atoms with van der Waals surface area (Å²) in [6.45, 7) is 6.46. The molecule has 0 bridgehead atoms. The molecule has 0 aliphatic carbocycles. The second-order valence-corrected chi connectivity index (χ2v) is 9.13. The highest BCUT2D eigenvalue weighted by molar-refractivity contribution is 5.64. The fourth-order valence-electron chi connectivity index (χ4n) is 4.58. The summed E-state index contributed by atoms with van der Waals surface area (Å²) >= 11 is 0. The normalized spacial score (nSPS) is 17.1. The predicted octanol–water partition coefficient (Wildman–Crippen LogP) is 3.57. The van der Waals surface area contributed by atoms with Crippen LogP contribution in [0, 0.1) is 11.3 Å². The Morgan fingerprint density at radius 2 is 1.80 bits per heavy atom. The summed E-state index contributed by atoms with van der Waals surface area (Å²) < 4.78 is 11.6. The van der Waals surface area contributed by atoms with Gasteiger partial charge in [0.1, 0.15) is 23.7 Å². The van der Waals surface area contributed by atoms with Crippen molar-refractivity contribution in [1.29, 1.82) is 5.26 Å². The first-order chi connectivity index (χ1) is 17.3. The minimum atomic E-state index is 0.153. The van der Waals surface area contributed by atoms with Gasteiger partial charge in [-0.2, -0.15) is 5.26 Å². The molecule has 7 heteroatoms. The van der Waals surface area contributed by atoms with Crippen LogP contribution in [0.2, 0.25) is 0 Å². The third kappa shape index (κ3) is 6.23. The fraction of sp³-hybridized carbons (Fsp3) is 0.393. The number of nitrogens with one attached hydrogen (secondary N) is 1. The van der Waals surface area contributed by atoms with E-state index < -0.39 is 0 Å². The number of hydrogen-bond donors (Lipinski definition) is 1. The van der Waals surface area contributed by atoms with Gasteiger partial charge in [0.25, 0.3) is 0 Å². The Kier molecular flexibility index (Phi) is 7.64. The van der Waals surface area contributed by atoms with Crippen LogP contribution >= 0.6 is 0 Å². The van der Waals surface area contributed by atoms with E-state index in [1.807, 2.05) is 24.3 Å². The fourth-order valence-corrected chi connectivity index (χ4v) is 4.58. The van der Waals surface area contributed by atoms with Crippen molar-refractivity contribution in [2.75, 3.05) is 39.4 Å². The monoisotopic (exact) mass is 469 g/mol. The van der Waals surface area contributed by atoms with Gasteiger partial charge in [0.05, 0.1) is 24.5 Å². The first-order valence-corrected chi connectivity index (χ1v) is 12.4. The molecule has 180 valence electrons. The first-order valence-electron chi connectivity index (χ1n) is 12.4. The standard InChI is InChI=1S/C28H31N5O2/c29-19-24-18-23(5-6-27(24)35-25-7-10-30-11-8-25)26-9-12-31-28(32-26)17-21-1-3-22(4-2-21)20-33-13-15-34-16-14-33/h1-6,9,12,18,25,30H,7-8,10-11,13-17,20H2. The van der Waals surface area contributed by atoms with E-state index in [0.717, 1.165) is 75.9 Å². The van der Waals surface area contributed by atoms with Crippen molar-refractivity contribution < 1.29 is 9.47 Å². The number of nitriles is 1. The molecule has 1 aromatic heterocycles.